The van der Waals surface area contributed by atoms with Crippen LogP contribution in [0.5, 0.6) is 0 Å². The van der Waals surface area contributed by atoms with Crippen LogP contribution in [0.15, 0.2) is 66.9 Å². The lowest BCUT2D eigenvalue weighted by atomic mass is 10.1. The van der Waals surface area contributed by atoms with Gasteiger partial charge in [-0.2, -0.15) is 0 Å². The zero-order valence-corrected chi connectivity index (χ0v) is 16.6. The van der Waals surface area contributed by atoms with Crippen LogP contribution in [0.2, 0.25) is 0 Å². The number of piperazine rings is 1. The summed E-state index contributed by atoms with van der Waals surface area (Å²) in [5, 5.41) is 2.96. The Morgan fingerprint density at radius 3 is 2.38 bits per heavy atom. The molecule has 148 valence electrons. The van der Waals surface area contributed by atoms with E-state index >= 15 is 0 Å². The largest absolute Gasteiger partial charge is 0.368 e. The summed E-state index contributed by atoms with van der Waals surface area (Å²) in [6.45, 7) is 5.97. The van der Waals surface area contributed by atoms with E-state index in [0.29, 0.717) is 18.2 Å². The molecule has 1 N–H and O–H groups in total. The third kappa shape index (κ3) is 4.54. The highest BCUT2D eigenvalue weighted by Crippen LogP contribution is 2.18. The average Bonchev–Trinajstić information content (AvgIpc) is 2.79. The number of benzene rings is 2. The van der Waals surface area contributed by atoms with Crippen molar-refractivity contribution in [3.8, 4) is 0 Å². The van der Waals surface area contributed by atoms with Crippen molar-refractivity contribution in [1.29, 1.82) is 0 Å². The van der Waals surface area contributed by atoms with Gasteiger partial charge in [-0.3, -0.25) is 4.79 Å². The van der Waals surface area contributed by atoms with Gasteiger partial charge < -0.3 is 15.1 Å². The van der Waals surface area contributed by atoms with Crippen LogP contribution >= 0.6 is 0 Å². The van der Waals surface area contributed by atoms with E-state index in [1.807, 2.05) is 37.3 Å². The van der Waals surface area contributed by atoms with Gasteiger partial charge >= 0.3 is 0 Å². The standard InChI is InChI=1S/C23H25N5O/c1-18-7-5-6-8-19(18)17-25-22(29)21-11-12-24-23(26-21)28-15-13-27(14-16-28)20-9-3-2-4-10-20/h2-12H,13-17H2,1H3,(H,25,29). The van der Waals surface area contributed by atoms with Gasteiger partial charge in [0, 0.05) is 44.6 Å². The first-order valence-electron chi connectivity index (χ1n) is 9.91. The van der Waals surface area contributed by atoms with Crippen molar-refractivity contribution in [2.75, 3.05) is 36.0 Å². The molecule has 1 fully saturated rings. The first kappa shape index (κ1) is 18.9. The molecule has 0 bridgehead atoms. The first-order chi connectivity index (χ1) is 14.2. The molecule has 0 atom stereocenters. The van der Waals surface area contributed by atoms with Crippen LogP contribution in [-0.2, 0) is 6.54 Å². The van der Waals surface area contributed by atoms with E-state index in [2.05, 4.69) is 49.4 Å². The maximum atomic E-state index is 12.6. The highest BCUT2D eigenvalue weighted by Gasteiger charge is 2.20. The number of carbonyl (C=O) groups excluding carboxylic acids is 1. The summed E-state index contributed by atoms with van der Waals surface area (Å²) in [6.07, 6.45) is 1.66. The molecule has 1 aromatic heterocycles. The Labute approximate surface area is 171 Å². The highest BCUT2D eigenvalue weighted by molar-refractivity contribution is 5.92. The average molecular weight is 387 g/mol. The number of nitrogens with one attached hydrogen (secondary N) is 1. The van der Waals surface area contributed by atoms with Crippen molar-refractivity contribution in [3.05, 3.63) is 83.7 Å². The van der Waals surface area contributed by atoms with E-state index < -0.39 is 0 Å². The molecule has 0 radical (unpaired) electrons. The number of anilines is 2. The predicted molar refractivity (Wildman–Crippen MR) is 115 cm³/mol. The van der Waals surface area contributed by atoms with Crippen molar-refractivity contribution >= 4 is 17.5 Å². The van der Waals surface area contributed by atoms with Gasteiger partial charge in [-0.05, 0) is 36.2 Å². The fraction of sp³-hybridized carbons (Fsp3) is 0.261. The van der Waals surface area contributed by atoms with Crippen molar-refractivity contribution in [2.45, 2.75) is 13.5 Å². The number of aryl methyl sites for hydroxylation is 1. The number of rotatable bonds is 5. The van der Waals surface area contributed by atoms with E-state index in [1.165, 1.54) is 5.69 Å². The third-order valence-corrected chi connectivity index (χ3v) is 5.26. The molecular weight excluding hydrogens is 362 g/mol. The molecule has 0 spiro atoms. The second-order valence-corrected chi connectivity index (χ2v) is 7.16. The molecule has 1 saturated heterocycles. The van der Waals surface area contributed by atoms with E-state index in [4.69, 9.17) is 0 Å². The van der Waals surface area contributed by atoms with Crippen LogP contribution in [-0.4, -0.2) is 42.1 Å². The Hall–Kier alpha value is -3.41. The molecule has 29 heavy (non-hydrogen) atoms. The third-order valence-electron chi connectivity index (χ3n) is 5.26. The van der Waals surface area contributed by atoms with Gasteiger partial charge in [0.15, 0.2) is 0 Å². The smallest absolute Gasteiger partial charge is 0.270 e. The lowest BCUT2D eigenvalue weighted by Crippen LogP contribution is -2.47. The molecule has 2 heterocycles. The van der Waals surface area contributed by atoms with Crippen LogP contribution in [0.1, 0.15) is 21.6 Å². The SMILES string of the molecule is Cc1ccccc1CNC(=O)c1ccnc(N2CCN(c3ccccc3)CC2)n1. The number of hydrogen-bond acceptors (Lipinski definition) is 5. The molecule has 1 aliphatic heterocycles. The summed E-state index contributed by atoms with van der Waals surface area (Å²) < 4.78 is 0. The summed E-state index contributed by atoms with van der Waals surface area (Å²) in [7, 11) is 0. The van der Waals surface area contributed by atoms with Gasteiger partial charge in [-0.15, -0.1) is 0 Å². The quantitative estimate of drug-likeness (QED) is 0.729. The molecule has 2 aromatic carbocycles. The monoisotopic (exact) mass is 387 g/mol. The molecule has 1 amide bonds. The predicted octanol–water partition coefficient (Wildman–Crippen LogP) is 3.04. The van der Waals surface area contributed by atoms with Crippen LogP contribution < -0.4 is 15.1 Å². The fourth-order valence-corrected chi connectivity index (χ4v) is 3.51. The zero-order chi connectivity index (χ0) is 20.1. The molecule has 0 unspecified atom stereocenters. The zero-order valence-electron chi connectivity index (χ0n) is 16.6. The molecule has 0 saturated carbocycles. The van der Waals surface area contributed by atoms with Crippen molar-refractivity contribution in [2.24, 2.45) is 0 Å². The molecule has 6 nitrogen and oxygen atoms in total. The molecule has 0 aliphatic carbocycles. The number of hydrogen-bond donors (Lipinski definition) is 1. The minimum Gasteiger partial charge on any atom is -0.368 e. The topological polar surface area (TPSA) is 61.4 Å². The summed E-state index contributed by atoms with van der Waals surface area (Å²) >= 11 is 0. The molecule has 6 heteroatoms. The maximum absolute atomic E-state index is 12.6. The minimum atomic E-state index is -0.181. The number of carbonyl (C=O) groups is 1. The van der Waals surface area contributed by atoms with Gasteiger partial charge in [0.2, 0.25) is 5.95 Å². The molecule has 3 aromatic rings. The lowest BCUT2D eigenvalue weighted by Gasteiger charge is -2.36. The van der Waals surface area contributed by atoms with Crippen LogP contribution in [0.25, 0.3) is 0 Å². The Kier molecular flexibility index (Phi) is 5.70. The van der Waals surface area contributed by atoms with Crippen LogP contribution in [0.4, 0.5) is 11.6 Å². The maximum Gasteiger partial charge on any atom is 0.270 e. The van der Waals surface area contributed by atoms with Crippen molar-refractivity contribution in [3.63, 3.8) is 0 Å². The number of aromatic nitrogens is 2. The Bertz CT molecular complexity index is 968. The molecule has 1 aliphatic rings. The second-order valence-electron chi connectivity index (χ2n) is 7.16. The fourth-order valence-electron chi connectivity index (χ4n) is 3.51. The van der Waals surface area contributed by atoms with Gasteiger partial charge in [-0.1, -0.05) is 42.5 Å². The lowest BCUT2D eigenvalue weighted by molar-refractivity contribution is 0.0945. The molecular formula is C23H25N5O. The van der Waals surface area contributed by atoms with E-state index in [0.717, 1.165) is 37.3 Å². The summed E-state index contributed by atoms with van der Waals surface area (Å²) in [4.78, 5) is 26.0. The van der Waals surface area contributed by atoms with E-state index in [-0.39, 0.29) is 5.91 Å². The van der Waals surface area contributed by atoms with Gasteiger partial charge in [0.1, 0.15) is 5.69 Å². The number of nitrogens with zero attached hydrogens (tertiary/aromatic N) is 4. The Morgan fingerprint density at radius 1 is 0.931 bits per heavy atom. The van der Waals surface area contributed by atoms with Crippen molar-refractivity contribution < 1.29 is 4.79 Å². The van der Waals surface area contributed by atoms with Gasteiger partial charge in [0.05, 0.1) is 0 Å². The summed E-state index contributed by atoms with van der Waals surface area (Å²) in [6, 6.07) is 20.1. The van der Waals surface area contributed by atoms with Crippen LogP contribution in [0, 0.1) is 6.92 Å². The minimum absolute atomic E-state index is 0.181. The number of amides is 1. The highest BCUT2D eigenvalue weighted by atomic mass is 16.1. The van der Waals surface area contributed by atoms with Crippen molar-refractivity contribution in [1.82, 2.24) is 15.3 Å². The number of para-hydroxylation sites is 1. The summed E-state index contributed by atoms with van der Waals surface area (Å²) in [5.74, 6) is 0.432. The Balaban J connectivity index is 1.37. The second kappa shape index (κ2) is 8.73. The van der Waals surface area contributed by atoms with Gasteiger partial charge in [0.25, 0.3) is 5.91 Å². The molecule has 4 rings (SSSR count). The van der Waals surface area contributed by atoms with Crippen LogP contribution in [0.3, 0.4) is 0 Å². The van der Waals surface area contributed by atoms with E-state index in [9.17, 15) is 4.79 Å². The Morgan fingerprint density at radius 2 is 1.62 bits per heavy atom. The van der Waals surface area contributed by atoms with Gasteiger partial charge in [-0.25, -0.2) is 9.97 Å². The van der Waals surface area contributed by atoms with E-state index in [1.54, 1.807) is 12.3 Å². The summed E-state index contributed by atoms with van der Waals surface area (Å²) in [5.41, 5.74) is 3.89. The normalized spacial score (nSPS) is 14.0. The first-order valence-corrected chi connectivity index (χ1v) is 9.91.